The summed E-state index contributed by atoms with van der Waals surface area (Å²) in [6, 6.07) is 11.5. The Morgan fingerprint density at radius 2 is 1.97 bits per heavy atom. The number of piperidine rings is 1. The van der Waals surface area contributed by atoms with Gasteiger partial charge in [-0.15, -0.1) is 0 Å². The van der Waals surface area contributed by atoms with Gasteiger partial charge < -0.3 is 20.3 Å². The predicted molar refractivity (Wildman–Crippen MR) is 119 cm³/mol. The highest BCUT2D eigenvalue weighted by Crippen LogP contribution is 2.42. The van der Waals surface area contributed by atoms with Gasteiger partial charge in [0.1, 0.15) is 5.82 Å². The Kier molecular flexibility index (Phi) is 5.71. The average molecular weight is 424 g/mol. The molecule has 0 aliphatic carbocycles. The molecule has 3 N–H and O–H groups in total. The van der Waals surface area contributed by atoms with Crippen LogP contribution in [0.5, 0.6) is 0 Å². The lowest BCUT2D eigenvalue weighted by Crippen LogP contribution is -2.45. The molecule has 0 spiro atoms. The third-order valence-corrected chi connectivity index (χ3v) is 7.50. The second kappa shape index (κ2) is 8.63. The SMILES string of the molecule is Cc1nc2c(n1[C@H]1C[C@H]3CC[C@@H](C1)N3CC[C@H](NC(=O)O)c1ccccc1)CCNC2. The lowest BCUT2D eigenvalue weighted by atomic mass is 9.95. The van der Waals surface area contributed by atoms with Crippen LogP contribution < -0.4 is 10.6 Å². The van der Waals surface area contributed by atoms with Crippen LogP contribution in [0.15, 0.2) is 30.3 Å². The van der Waals surface area contributed by atoms with Crippen molar-refractivity contribution in [1.29, 1.82) is 0 Å². The van der Waals surface area contributed by atoms with E-state index in [-0.39, 0.29) is 6.04 Å². The molecule has 2 fully saturated rings. The molecule has 5 rings (SSSR count). The minimum Gasteiger partial charge on any atom is -0.465 e. The molecule has 2 saturated heterocycles. The summed E-state index contributed by atoms with van der Waals surface area (Å²) >= 11 is 0. The Morgan fingerprint density at radius 3 is 2.68 bits per heavy atom. The largest absolute Gasteiger partial charge is 0.465 e. The van der Waals surface area contributed by atoms with Crippen molar-refractivity contribution in [1.82, 2.24) is 25.1 Å². The van der Waals surface area contributed by atoms with E-state index >= 15 is 0 Å². The Bertz CT molecular complexity index is 914. The highest BCUT2D eigenvalue weighted by Gasteiger charge is 2.42. The first kappa shape index (κ1) is 20.5. The number of aromatic nitrogens is 2. The van der Waals surface area contributed by atoms with Gasteiger partial charge in [0.05, 0.1) is 11.7 Å². The number of amides is 1. The van der Waals surface area contributed by atoms with Crippen molar-refractivity contribution in [2.75, 3.05) is 13.1 Å². The van der Waals surface area contributed by atoms with Crippen molar-refractivity contribution in [2.45, 2.75) is 76.2 Å². The zero-order valence-electron chi connectivity index (χ0n) is 18.3. The second-order valence-corrected chi connectivity index (χ2v) is 9.30. The van der Waals surface area contributed by atoms with Gasteiger partial charge in [0.25, 0.3) is 0 Å². The second-order valence-electron chi connectivity index (χ2n) is 9.30. The van der Waals surface area contributed by atoms with E-state index in [4.69, 9.17) is 4.98 Å². The van der Waals surface area contributed by atoms with E-state index in [0.717, 1.165) is 38.0 Å². The Morgan fingerprint density at radius 1 is 1.23 bits per heavy atom. The summed E-state index contributed by atoms with van der Waals surface area (Å²) in [5.41, 5.74) is 3.73. The summed E-state index contributed by atoms with van der Waals surface area (Å²) in [6.07, 6.45) is 5.78. The van der Waals surface area contributed by atoms with Crippen LogP contribution in [0.4, 0.5) is 4.79 Å². The lowest BCUT2D eigenvalue weighted by molar-refractivity contribution is 0.0997. The van der Waals surface area contributed by atoms with Gasteiger partial charge in [-0.3, -0.25) is 4.90 Å². The molecule has 7 nitrogen and oxygen atoms in total. The minimum absolute atomic E-state index is 0.161. The zero-order valence-corrected chi connectivity index (χ0v) is 18.3. The molecule has 166 valence electrons. The third kappa shape index (κ3) is 4.08. The zero-order chi connectivity index (χ0) is 21.4. The van der Waals surface area contributed by atoms with Crippen LogP contribution in [-0.2, 0) is 13.0 Å². The summed E-state index contributed by atoms with van der Waals surface area (Å²) in [5.74, 6) is 1.17. The van der Waals surface area contributed by atoms with Crippen molar-refractivity contribution < 1.29 is 9.90 Å². The number of aryl methyl sites for hydroxylation is 1. The summed E-state index contributed by atoms with van der Waals surface area (Å²) in [6.45, 7) is 5.04. The fourth-order valence-electron chi connectivity index (χ4n) is 6.21. The molecule has 3 aliphatic rings. The molecule has 0 unspecified atom stereocenters. The van der Waals surface area contributed by atoms with E-state index in [0.29, 0.717) is 18.1 Å². The van der Waals surface area contributed by atoms with Gasteiger partial charge in [0.2, 0.25) is 0 Å². The van der Waals surface area contributed by atoms with Gasteiger partial charge in [0.15, 0.2) is 0 Å². The lowest BCUT2D eigenvalue weighted by Gasteiger charge is -2.41. The third-order valence-electron chi connectivity index (χ3n) is 7.50. The first-order chi connectivity index (χ1) is 15.1. The molecule has 0 radical (unpaired) electrons. The van der Waals surface area contributed by atoms with E-state index in [1.165, 1.54) is 42.9 Å². The van der Waals surface area contributed by atoms with Crippen LogP contribution in [0, 0.1) is 6.92 Å². The van der Waals surface area contributed by atoms with Gasteiger partial charge in [-0.05, 0) is 44.6 Å². The van der Waals surface area contributed by atoms with Crippen LogP contribution in [-0.4, -0.2) is 50.8 Å². The van der Waals surface area contributed by atoms with Crippen molar-refractivity contribution in [3.63, 3.8) is 0 Å². The number of fused-ring (bicyclic) bond motifs is 3. The number of carboxylic acid groups (broad SMARTS) is 1. The molecule has 3 aliphatic heterocycles. The molecule has 31 heavy (non-hydrogen) atoms. The molecule has 7 heteroatoms. The first-order valence-electron chi connectivity index (χ1n) is 11.7. The van der Waals surface area contributed by atoms with Crippen LogP contribution in [0.1, 0.15) is 67.0 Å². The maximum absolute atomic E-state index is 11.4. The Hall–Kier alpha value is -2.38. The number of hydrogen-bond donors (Lipinski definition) is 3. The Labute approximate surface area is 183 Å². The Balaban J connectivity index is 1.27. The average Bonchev–Trinajstić information content (AvgIpc) is 3.22. The van der Waals surface area contributed by atoms with E-state index < -0.39 is 6.09 Å². The first-order valence-corrected chi connectivity index (χ1v) is 11.7. The van der Waals surface area contributed by atoms with Crippen LogP contribution in [0.3, 0.4) is 0 Å². The number of nitrogens with zero attached hydrogens (tertiary/aromatic N) is 3. The monoisotopic (exact) mass is 423 g/mol. The van der Waals surface area contributed by atoms with E-state index in [9.17, 15) is 9.90 Å². The fraction of sp³-hybridized carbons (Fsp3) is 0.583. The number of benzene rings is 1. The van der Waals surface area contributed by atoms with Gasteiger partial charge >= 0.3 is 6.09 Å². The van der Waals surface area contributed by atoms with E-state index in [1.807, 2.05) is 30.3 Å². The van der Waals surface area contributed by atoms with Gasteiger partial charge in [-0.2, -0.15) is 0 Å². The molecule has 1 aromatic carbocycles. The van der Waals surface area contributed by atoms with Gasteiger partial charge in [-0.1, -0.05) is 30.3 Å². The van der Waals surface area contributed by atoms with Crippen molar-refractivity contribution in [3.05, 3.63) is 53.1 Å². The number of imidazole rings is 1. The molecule has 2 bridgehead atoms. The van der Waals surface area contributed by atoms with Crippen molar-refractivity contribution in [2.24, 2.45) is 0 Å². The smallest absolute Gasteiger partial charge is 0.405 e. The highest BCUT2D eigenvalue weighted by atomic mass is 16.4. The minimum atomic E-state index is -0.953. The molecule has 4 heterocycles. The number of rotatable bonds is 6. The summed E-state index contributed by atoms with van der Waals surface area (Å²) in [5, 5.41) is 15.5. The number of carbonyl (C=O) groups is 1. The fourth-order valence-corrected chi connectivity index (χ4v) is 6.21. The van der Waals surface area contributed by atoms with Crippen LogP contribution in [0.2, 0.25) is 0 Å². The highest BCUT2D eigenvalue weighted by molar-refractivity contribution is 5.65. The summed E-state index contributed by atoms with van der Waals surface area (Å²) < 4.78 is 2.55. The molecule has 1 aromatic heterocycles. The summed E-state index contributed by atoms with van der Waals surface area (Å²) in [4.78, 5) is 18.9. The molecular formula is C24H33N5O2. The predicted octanol–water partition coefficient (Wildman–Crippen LogP) is 3.40. The number of nitrogens with one attached hydrogen (secondary N) is 2. The van der Waals surface area contributed by atoms with Gasteiger partial charge in [0, 0.05) is 49.9 Å². The standard InChI is InChI=1S/C24H33N5O2/c1-16-26-22-15-25-11-9-23(22)29(16)20-13-18-7-8-19(14-20)28(18)12-10-21(27-24(30)31)17-5-3-2-4-6-17/h2-6,18-21,25,27H,7-15H2,1H3,(H,30,31)/t18-,19+,20+,21-/m0/s1. The van der Waals surface area contributed by atoms with Crippen molar-refractivity contribution in [3.8, 4) is 0 Å². The van der Waals surface area contributed by atoms with Crippen LogP contribution >= 0.6 is 0 Å². The topological polar surface area (TPSA) is 82.4 Å². The van der Waals surface area contributed by atoms with Gasteiger partial charge in [-0.25, -0.2) is 9.78 Å². The molecule has 0 saturated carbocycles. The molecule has 1 amide bonds. The summed E-state index contributed by atoms with van der Waals surface area (Å²) in [7, 11) is 0. The van der Waals surface area contributed by atoms with Crippen molar-refractivity contribution >= 4 is 6.09 Å². The van der Waals surface area contributed by atoms with E-state index in [1.54, 1.807) is 0 Å². The molecular weight excluding hydrogens is 390 g/mol. The maximum atomic E-state index is 11.4. The molecule has 4 atom stereocenters. The van der Waals surface area contributed by atoms with E-state index in [2.05, 4.69) is 27.0 Å². The maximum Gasteiger partial charge on any atom is 0.405 e. The molecule has 2 aromatic rings. The normalized spacial score (nSPS) is 26.4. The quantitative estimate of drug-likeness (QED) is 0.663. The number of hydrogen-bond acceptors (Lipinski definition) is 4. The van der Waals surface area contributed by atoms with Crippen LogP contribution in [0.25, 0.3) is 0 Å².